The third-order valence-electron chi connectivity index (χ3n) is 8.85. The number of carbonyl (C=O) groups is 1. The molecule has 0 saturated carbocycles. The smallest absolute Gasteiger partial charge is 0.330 e. The van der Waals surface area contributed by atoms with E-state index in [1.165, 1.54) is 25.7 Å². The number of nitrogens with zero attached hydrogens (tertiary/aromatic N) is 3. The lowest BCUT2D eigenvalue weighted by molar-refractivity contribution is 0.0747. The van der Waals surface area contributed by atoms with Gasteiger partial charge in [-0.2, -0.15) is 0 Å². The van der Waals surface area contributed by atoms with Crippen LogP contribution in [0.5, 0.6) is 5.88 Å². The Morgan fingerprint density at radius 1 is 1.04 bits per heavy atom. The van der Waals surface area contributed by atoms with E-state index in [0.717, 1.165) is 76.6 Å². The Balaban J connectivity index is 1.32. The van der Waals surface area contributed by atoms with Crippen LogP contribution in [0.25, 0.3) is 22.4 Å². The van der Waals surface area contributed by atoms with Crippen LogP contribution in [0.2, 0.25) is 0 Å². The van der Waals surface area contributed by atoms with Crippen molar-refractivity contribution in [3.05, 3.63) is 97.6 Å². The molecule has 2 N–H and O–H groups in total. The summed E-state index contributed by atoms with van der Waals surface area (Å²) in [5, 5.41) is 6.30. The number of pyridine rings is 1. The van der Waals surface area contributed by atoms with Crippen LogP contribution in [-0.4, -0.2) is 46.4 Å². The number of benzene rings is 2. The fraction of sp³-hybridized carbons (Fsp3) is 0.353. The number of methoxy groups -OCH3 is 1. The van der Waals surface area contributed by atoms with Gasteiger partial charge in [-0.05, 0) is 61.4 Å². The van der Waals surface area contributed by atoms with Crippen molar-refractivity contribution < 1.29 is 18.7 Å². The van der Waals surface area contributed by atoms with E-state index in [1.807, 2.05) is 25.1 Å². The molecule has 2 aromatic carbocycles. The lowest BCUT2D eigenvalue weighted by Crippen LogP contribution is -2.40. The van der Waals surface area contributed by atoms with Crippen LogP contribution in [0.1, 0.15) is 52.4 Å². The van der Waals surface area contributed by atoms with Gasteiger partial charge < -0.3 is 24.7 Å². The summed E-state index contributed by atoms with van der Waals surface area (Å²) in [6, 6.07) is 13.0. The van der Waals surface area contributed by atoms with Crippen molar-refractivity contribution in [3.8, 4) is 28.3 Å². The summed E-state index contributed by atoms with van der Waals surface area (Å²) >= 11 is 0. The van der Waals surface area contributed by atoms with Gasteiger partial charge in [-0.25, -0.2) is 14.2 Å². The van der Waals surface area contributed by atoms with E-state index in [0.29, 0.717) is 17.5 Å². The monoisotopic (exact) mass is 613 g/mol. The van der Waals surface area contributed by atoms with Crippen molar-refractivity contribution in [2.75, 3.05) is 25.6 Å². The summed E-state index contributed by atoms with van der Waals surface area (Å²) in [5.41, 5.74) is 3.92. The van der Waals surface area contributed by atoms with Gasteiger partial charge in [0.05, 0.1) is 18.5 Å². The summed E-state index contributed by atoms with van der Waals surface area (Å²) in [6.07, 6.45) is 4.98. The molecule has 234 valence electrons. The standard InChI is InChI=1S/C34H36FN5O5/c1-19-22(24-9-6-10-27(30(24)35)37-31(41)25-18-39(2)34(43)40(3)33(25)42)7-5-8-23(19)28-17-20-11-12-26(29(20)32(38-28)44-4)36-21-13-15-45-16-14-21/h5-10,17-18,21,26,36H,11-16H2,1-4H3,(H,37,41)/t26-/m0/s1. The quantitative estimate of drug-likeness (QED) is 0.320. The molecule has 4 aromatic rings. The van der Waals surface area contributed by atoms with Crippen LogP contribution in [0.15, 0.2) is 58.3 Å². The fourth-order valence-corrected chi connectivity index (χ4v) is 6.41. The van der Waals surface area contributed by atoms with E-state index in [-0.39, 0.29) is 22.9 Å². The van der Waals surface area contributed by atoms with Gasteiger partial charge in [-0.3, -0.25) is 14.2 Å². The summed E-state index contributed by atoms with van der Waals surface area (Å²) in [6.45, 7) is 3.46. The molecule has 0 radical (unpaired) electrons. The van der Waals surface area contributed by atoms with E-state index >= 15 is 4.39 Å². The molecule has 1 aliphatic heterocycles. The summed E-state index contributed by atoms with van der Waals surface area (Å²) < 4.78 is 29.3. The molecule has 10 nitrogen and oxygen atoms in total. The molecule has 1 aliphatic carbocycles. The Bertz CT molecular complexity index is 1910. The van der Waals surface area contributed by atoms with E-state index in [2.05, 4.69) is 16.7 Å². The predicted molar refractivity (Wildman–Crippen MR) is 169 cm³/mol. The lowest BCUT2D eigenvalue weighted by Gasteiger charge is -2.27. The van der Waals surface area contributed by atoms with Crippen LogP contribution < -0.4 is 26.6 Å². The zero-order chi connectivity index (χ0) is 31.8. The van der Waals surface area contributed by atoms with Crippen molar-refractivity contribution in [2.45, 2.75) is 44.7 Å². The van der Waals surface area contributed by atoms with E-state index in [1.54, 1.807) is 19.2 Å². The number of anilines is 1. The number of nitrogens with one attached hydrogen (secondary N) is 2. The molecular weight excluding hydrogens is 577 g/mol. The molecule has 2 aromatic heterocycles. The third kappa shape index (κ3) is 5.69. The molecule has 11 heteroatoms. The minimum absolute atomic E-state index is 0.0846. The normalized spacial score (nSPS) is 16.4. The first-order valence-electron chi connectivity index (χ1n) is 15.1. The summed E-state index contributed by atoms with van der Waals surface area (Å²) in [5.74, 6) is -0.865. The number of amides is 1. The average molecular weight is 614 g/mol. The van der Waals surface area contributed by atoms with Crippen molar-refractivity contribution in [1.82, 2.24) is 19.4 Å². The van der Waals surface area contributed by atoms with Crippen LogP contribution in [0, 0.1) is 12.7 Å². The van der Waals surface area contributed by atoms with E-state index in [4.69, 9.17) is 14.5 Å². The van der Waals surface area contributed by atoms with Crippen LogP contribution in [0.4, 0.5) is 10.1 Å². The second-order valence-electron chi connectivity index (χ2n) is 11.6. The highest BCUT2D eigenvalue weighted by molar-refractivity contribution is 6.04. The number of hydrogen-bond donors (Lipinski definition) is 2. The predicted octanol–water partition coefficient (Wildman–Crippen LogP) is 4.28. The molecule has 2 aliphatic rings. The van der Waals surface area contributed by atoms with Gasteiger partial charge in [0.15, 0.2) is 5.82 Å². The Morgan fingerprint density at radius 3 is 2.51 bits per heavy atom. The highest BCUT2D eigenvalue weighted by Gasteiger charge is 2.31. The Kier molecular flexibility index (Phi) is 8.39. The summed E-state index contributed by atoms with van der Waals surface area (Å²) in [4.78, 5) is 42.5. The zero-order valence-electron chi connectivity index (χ0n) is 25.8. The summed E-state index contributed by atoms with van der Waals surface area (Å²) in [7, 11) is 4.36. The SMILES string of the molecule is COc1nc(-c2cccc(-c3cccc(NC(=O)c4cn(C)c(=O)n(C)c4=O)c3F)c2C)cc2c1[C@@H](NC1CCOCC1)CC2. The van der Waals surface area contributed by atoms with Gasteiger partial charge in [0.1, 0.15) is 5.56 Å². The zero-order valence-corrected chi connectivity index (χ0v) is 25.8. The number of halogens is 1. The maximum Gasteiger partial charge on any atom is 0.330 e. The molecule has 1 atom stereocenters. The van der Waals surface area contributed by atoms with Crippen LogP contribution >= 0.6 is 0 Å². The lowest BCUT2D eigenvalue weighted by atomic mass is 9.93. The second-order valence-corrected chi connectivity index (χ2v) is 11.6. The maximum atomic E-state index is 16.0. The first-order valence-corrected chi connectivity index (χ1v) is 15.1. The number of rotatable bonds is 7. The largest absolute Gasteiger partial charge is 0.481 e. The van der Waals surface area contributed by atoms with Gasteiger partial charge >= 0.3 is 5.69 Å². The van der Waals surface area contributed by atoms with E-state index in [9.17, 15) is 14.4 Å². The number of aryl methyl sites for hydroxylation is 2. The second kappa shape index (κ2) is 12.4. The van der Waals surface area contributed by atoms with Gasteiger partial charge in [0, 0.05) is 62.3 Å². The highest BCUT2D eigenvalue weighted by Crippen LogP contribution is 2.41. The van der Waals surface area contributed by atoms with E-state index < -0.39 is 23.0 Å². The van der Waals surface area contributed by atoms with Gasteiger partial charge in [-0.15, -0.1) is 0 Å². The number of fused-ring (bicyclic) bond motifs is 1. The molecule has 6 rings (SSSR count). The number of ether oxygens (including phenoxy) is 2. The topological polar surface area (TPSA) is 116 Å². The molecule has 0 bridgehead atoms. The Hall–Kier alpha value is -4.61. The van der Waals surface area contributed by atoms with Crippen molar-refractivity contribution >= 4 is 11.6 Å². The van der Waals surface area contributed by atoms with Crippen LogP contribution in [-0.2, 0) is 25.3 Å². The fourth-order valence-electron chi connectivity index (χ4n) is 6.41. The molecule has 1 amide bonds. The highest BCUT2D eigenvalue weighted by atomic mass is 19.1. The van der Waals surface area contributed by atoms with Gasteiger partial charge in [-0.1, -0.05) is 30.3 Å². The van der Waals surface area contributed by atoms with Crippen molar-refractivity contribution in [3.63, 3.8) is 0 Å². The molecule has 45 heavy (non-hydrogen) atoms. The van der Waals surface area contributed by atoms with Crippen LogP contribution in [0.3, 0.4) is 0 Å². The Labute approximate surface area is 259 Å². The third-order valence-corrected chi connectivity index (χ3v) is 8.85. The molecule has 1 fully saturated rings. The van der Waals surface area contributed by atoms with Crippen molar-refractivity contribution in [1.29, 1.82) is 0 Å². The molecule has 1 saturated heterocycles. The van der Waals surface area contributed by atoms with Crippen molar-refractivity contribution in [2.24, 2.45) is 14.1 Å². The number of aromatic nitrogens is 3. The Morgan fingerprint density at radius 2 is 1.76 bits per heavy atom. The minimum Gasteiger partial charge on any atom is -0.481 e. The molecule has 0 spiro atoms. The van der Waals surface area contributed by atoms with Gasteiger partial charge in [0.25, 0.3) is 11.5 Å². The first-order chi connectivity index (χ1) is 21.7. The number of hydrogen-bond acceptors (Lipinski definition) is 7. The maximum absolute atomic E-state index is 16.0. The molecule has 3 heterocycles. The molecular formula is C34H36FN5O5. The number of carbonyl (C=O) groups excluding carboxylic acids is 1. The van der Waals surface area contributed by atoms with Gasteiger partial charge in [0.2, 0.25) is 5.88 Å². The average Bonchev–Trinajstić information content (AvgIpc) is 3.45. The minimum atomic E-state index is -0.813. The molecule has 0 unspecified atom stereocenters. The first kappa shape index (κ1) is 30.4.